The third-order valence-corrected chi connectivity index (χ3v) is 3.23. The zero-order chi connectivity index (χ0) is 11.2. The van der Waals surface area contributed by atoms with Crippen molar-refractivity contribution in [3.05, 3.63) is 29.8 Å². The SMILES string of the molecule is NCCc1ccccc1OC1CCCCC1. The molecule has 1 aromatic carbocycles. The van der Waals surface area contributed by atoms with Crippen LogP contribution >= 0.6 is 0 Å². The van der Waals surface area contributed by atoms with Gasteiger partial charge in [-0.1, -0.05) is 24.6 Å². The maximum atomic E-state index is 6.08. The Morgan fingerprint density at radius 1 is 1.12 bits per heavy atom. The lowest BCUT2D eigenvalue weighted by Crippen LogP contribution is -2.20. The number of rotatable bonds is 4. The summed E-state index contributed by atoms with van der Waals surface area (Å²) >= 11 is 0. The van der Waals surface area contributed by atoms with Gasteiger partial charge >= 0.3 is 0 Å². The molecule has 0 heterocycles. The fourth-order valence-electron chi connectivity index (χ4n) is 2.34. The molecule has 1 aliphatic carbocycles. The Kier molecular flexibility index (Phi) is 4.23. The average Bonchev–Trinajstić information content (AvgIpc) is 2.33. The predicted octanol–water partition coefficient (Wildman–Crippen LogP) is 2.90. The van der Waals surface area contributed by atoms with Gasteiger partial charge in [-0.25, -0.2) is 0 Å². The molecular weight excluding hydrogens is 198 g/mol. The standard InChI is InChI=1S/C14H21NO/c15-11-10-12-6-4-5-9-14(12)16-13-7-2-1-3-8-13/h4-6,9,13H,1-3,7-8,10-11,15H2. The highest BCUT2D eigenvalue weighted by Gasteiger charge is 2.15. The Hall–Kier alpha value is -1.02. The molecule has 0 saturated heterocycles. The van der Waals surface area contributed by atoms with Crippen LogP contribution in [0.5, 0.6) is 5.75 Å². The first-order chi connectivity index (χ1) is 7.90. The lowest BCUT2D eigenvalue weighted by Gasteiger charge is -2.24. The van der Waals surface area contributed by atoms with Crippen LogP contribution in [0.4, 0.5) is 0 Å². The van der Waals surface area contributed by atoms with Crippen LogP contribution in [0.25, 0.3) is 0 Å². The molecule has 2 nitrogen and oxygen atoms in total. The molecule has 2 heteroatoms. The van der Waals surface area contributed by atoms with Crippen LogP contribution in [0.3, 0.4) is 0 Å². The van der Waals surface area contributed by atoms with Gasteiger partial charge < -0.3 is 10.5 Å². The molecule has 1 fully saturated rings. The van der Waals surface area contributed by atoms with Gasteiger partial charge in [0.05, 0.1) is 6.10 Å². The lowest BCUT2D eigenvalue weighted by molar-refractivity contribution is 0.153. The lowest BCUT2D eigenvalue weighted by atomic mass is 9.97. The molecule has 16 heavy (non-hydrogen) atoms. The zero-order valence-corrected chi connectivity index (χ0v) is 9.82. The molecule has 1 aromatic rings. The third kappa shape index (κ3) is 2.99. The summed E-state index contributed by atoms with van der Waals surface area (Å²) in [4.78, 5) is 0. The van der Waals surface area contributed by atoms with Crippen LogP contribution in [0.1, 0.15) is 37.7 Å². The highest BCUT2D eigenvalue weighted by molar-refractivity contribution is 5.33. The second-order valence-electron chi connectivity index (χ2n) is 4.52. The molecule has 2 rings (SSSR count). The molecule has 1 aliphatic rings. The van der Waals surface area contributed by atoms with Crippen LogP contribution in [0.15, 0.2) is 24.3 Å². The van der Waals surface area contributed by atoms with Crippen molar-refractivity contribution in [2.75, 3.05) is 6.54 Å². The van der Waals surface area contributed by atoms with Gasteiger partial charge in [-0.2, -0.15) is 0 Å². The van der Waals surface area contributed by atoms with Crippen LogP contribution < -0.4 is 10.5 Å². The van der Waals surface area contributed by atoms with Gasteiger partial charge in [0.2, 0.25) is 0 Å². The minimum absolute atomic E-state index is 0.424. The largest absolute Gasteiger partial charge is 0.490 e. The Morgan fingerprint density at radius 2 is 1.88 bits per heavy atom. The van der Waals surface area contributed by atoms with Crippen molar-refractivity contribution in [3.63, 3.8) is 0 Å². The van der Waals surface area contributed by atoms with Gasteiger partial charge in [-0.3, -0.25) is 0 Å². The monoisotopic (exact) mass is 219 g/mol. The minimum Gasteiger partial charge on any atom is -0.490 e. The molecule has 0 radical (unpaired) electrons. The van der Waals surface area contributed by atoms with Crippen LogP contribution in [-0.4, -0.2) is 12.6 Å². The van der Waals surface area contributed by atoms with Crippen molar-refractivity contribution in [2.24, 2.45) is 5.73 Å². The van der Waals surface area contributed by atoms with Gasteiger partial charge in [0.25, 0.3) is 0 Å². The van der Waals surface area contributed by atoms with Crippen LogP contribution in [0, 0.1) is 0 Å². The van der Waals surface area contributed by atoms with E-state index in [-0.39, 0.29) is 0 Å². The van der Waals surface area contributed by atoms with Crippen molar-refractivity contribution < 1.29 is 4.74 Å². The number of ether oxygens (including phenoxy) is 1. The zero-order valence-electron chi connectivity index (χ0n) is 9.82. The Balaban J connectivity index is 2.01. The van der Waals surface area contributed by atoms with E-state index in [0.29, 0.717) is 12.6 Å². The van der Waals surface area contributed by atoms with E-state index in [9.17, 15) is 0 Å². The van der Waals surface area contributed by atoms with E-state index >= 15 is 0 Å². The van der Waals surface area contributed by atoms with Crippen molar-refractivity contribution >= 4 is 0 Å². The van der Waals surface area contributed by atoms with E-state index in [0.717, 1.165) is 12.2 Å². The first-order valence-electron chi connectivity index (χ1n) is 6.35. The molecule has 2 N–H and O–H groups in total. The highest BCUT2D eigenvalue weighted by atomic mass is 16.5. The maximum Gasteiger partial charge on any atom is 0.122 e. The van der Waals surface area contributed by atoms with Crippen molar-refractivity contribution in [2.45, 2.75) is 44.6 Å². The second-order valence-corrected chi connectivity index (χ2v) is 4.52. The summed E-state index contributed by atoms with van der Waals surface area (Å²) in [6, 6.07) is 8.28. The number of benzene rings is 1. The normalized spacial score (nSPS) is 17.3. The summed E-state index contributed by atoms with van der Waals surface area (Å²) in [6.45, 7) is 0.686. The van der Waals surface area contributed by atoms with E-state index in [1.54, 1.807) is 0 Å². The summed E-state index contributed by atoms with van der Waals surface area (Å²) in [5.41, 5.74) is 6.85. The van der Waals surface area contributed by atoms with Crippen molar-refractivity contribution in [1.82, 2.24) is 0 Å². The first kappa shape index (κ1) is 11.5. The maximum absolute atomic E-state index is 6.08. The second kappa shape index (κ2) is 5.90. The van der Waals surface area contributed by atoms with Gasteiger partial charge in [0, 0.05) is 0 Å². The quantitative estimate of drug-likeness (QED) is 0.845. The predicted molar refractivity (Wildman–Crippen MR) is 66.7 cm³/mol. The molecule has 0 bridgehead atoms. The molecule has 88 valence electrons. The van der Waals surface area contributed by atoms with Crippen molar-refractivity contribution in [1.29, 1.82) is 0 Å². The summed E-state index contributed by atoms with van der Waals surface area (Å²) < 4.78 is 6.08. The number of hydrogen-bond acceptors (Lipinski definition) is 2. The van der Waals surface area contributed by atoms with E-state index in [4.69, 9.17) is 10.5 Å². The molecule has 0 aromatic heterocycles. The first-order valence-corrected chi connectivity index (χ1v) is 6.35. The molecule has 0 atom stereocenters. The summed E-state index contributed by atoms with van der Waals surface area (Å²) in [5.74, 6) is 1.04. The Morgan fingerprint density at radius 3 is 2.62 bits per heavy atom. The highest BCUT2D eigenvalue weighted by Crippen LogP contribution is 2.25. The molecule has 0 aliphatic heterocycles. The fourth-order valence-corrected chi connectivity index (χ4v) is 2.34. The molecule has 0 spiro atoms. The van der Waals surface area contributed by atoms with Gasteiger partial charge in [-0.05, 0) is 50.3 Å². The minimum atomic E-state index is 0.424. The molecule has 0 amide bonds. The third-order valence-electron chi connectivity index (χ3n) is 3.23. The van der Waals surface area contributed by atoms with E-state index in [1.165, 1.54) is 37.7 Å². The Bertz CT molecular complexity index is 318. The van der Waals surface area contributed by atoms with E-state index in [2.05, 4.69) is 18.2 Å². The van der Waals surface area contributed by atoms with Gasteiger partial charge in [-0.15, -0.1) is 0 Å². The average molecular weight is 219 g/mol. The van der Waals surface area contributed by atoms with Crippen molar-refractivity contribution in [3.8, 4) is 5.75 Å². The smallest absolute Gasteiger partial charge is 0.122 e. The van der Waals surface area contributed by atoms with Crippen LogP contribution in [0.2, 0.25) is 0 Å². The molecular formula is C14H21NO. The van der Waals surface area contributed by atoms with Gasteiger partial charge in [0.1, 0.15) is 5.75 Å². The fraction of sp³-hybridized carbons (Fsp3) is 0.571. The number of nitrogens with two attached hydrogens (primary N) is 1. The van der Waals surface area contributed by atoms with E-state index < -0.39 is 0 Å². The number of hydrogen-bond donors (Lipinski definition) is 1. The Labute approximate surface area is 97.8 Å². The summed E-state index contributed by atoms with van der Waals surface area (Å²) in [5, 5.41) is 0. The number of para-hydroxylation sites is 1. The topological polar surface area (TPSA) is 35.2 Å². The summed E-state index contributed by atoms with van der Waals surface area (Å²) in [7, 11) is 0. The molecule has 1 saturated carbocycles. The van der Waals surface area contributed by atoms with Crippen LogP contribution in [-0.2, 0) is 6.42 Å². The summed E-state index contributed by atoms with van der Waals surface area (Å²) in [6.07, 6.45) is 7.72. The molecule has 0 unspecified atom stereocenters. The van der Waals surface area contributed by atoms with Gasteiger partial charge in [0.15, 0.2) is 0 Å². The van der Waals surface area contributed by atoms with E-state index in [1.807, 2.05) is 6.07 Å².